The number of hydrogen-bond acceptors (Lipinski definition) is 7. The summed E-state index contributed by atoms with van der Waals surface area (Å²) in [6.45, 7) is 4.84. The lowest BCUT2D eigenvalue weighted by Crippen LogP contribution is -2.68. The van der Waals surface area contributed by atoms with Crippen molar-refractivity contribution < 1.29 is 32.6 Å². The number of aliphatic hydroxyl groups is 1. The van der Waals surface area contributed by atoms with E-state index in [1.807, 2.05) is 36.4 Å². The van der Waals surface area contributed by atoms with Gasteiger partial charge in [0.2, 0.25) is 5.91 Å². The molecule has 0 unspecified atom stereocenters. The Morgan fingerprint density at radius 2 is 1.61 bits per heavy atom. The number of benzene rings is 2. The van der Waals surface area contributed by atoms with E-state index in [-0.39, 0.29) is 19.7 Å². The molecule has 1 N–H and O–H groups in total. The number of carbonyl (C=O) groups excluding carboxylic acids is 3. The summed E-state index contributed by atoms with van der Waals surface area (Å²) in [5.74, 6) is -3.82. The van der Waals surface area contributed by atoms with Gasteiger partial charge in [0.1, 0.15) is 30.0 Å². The molecule has 0 aliphatic carbocycles. The Labute approximate surface area is 210 Å². The number of carbonyl (C=O) groups is 3. The monoisotopic (exact) mass is 514 g/mol. The average molecular weight is 515 g/mol. The predicted molar refractivity (Wildman–Crippen MR) is 131 cm³/mol. The lowest BCUT2D eigenvalue weighted by Gasteiger charge is -2.45. The van der Waals surface area contributed by atoms with Gasteiger partial charge in [0, 0.05) is 13.1 Å². The Kier molecular flexibility index (Phi) is 6.94. The van der Waals surface area contributed by atoms with Crippen molar-refractivity contribution in [3.8, 4) is 0 Å². The number of fused-ring (bicyclic) bond motifs is 1. The van der Waals surface area contributed by atoms with Crippen molar-refractivity contribution >= 4 is 27.6 Å². The lowest BCUT2D eigenvalue weighted by atomic mass is 9.87. The minimum atomic E-state index is -4.12. The van der Waals surface area contributed by atoms with Gasteiger partial charge in [-0.1, -0.05) is 60.7 Å². The Hall–Kier alpha value is -3.24. The van der Waals surface area contributed by atoms with Gasteiger partial charge in [0.15, 0.2) is 9.84 Å². The number of aliphatic hydroxyl groups excluding tert-OH is 1. The summed E-state index contributed by atoms with van der Waals surface area (Å²) in [5, 5.41) is 9.41. The fourth-order valence-electron chi connectivity index (χ4n) is 4.91. The fraction of sp³-hybridized carbons (Fsp3) is 0.423. The molecule has 0 bridgehead atoms. The number of β-lactam (4-membered cyclic amide) rings is 1. The third kappa shape index (κ3) is 4.18. The van der Waals surface area contributed by atoms with Crippen molar-refractivity contribution in [1.29, 1.82) is 0 Å². The summed E-state index contributed by atoms with van der Waals surface area (Å²) < 4.78 is 30.6. The number of amides is 2. The number of ether oxygens (including phenoxy) is 1. The van der Waals surface area contributed by atoms with E-state index in [4.69, 9.17) is 4.74 Å². The third-order valence-corrected chi connectivity index (χ3v) is 9.90. The first-order chi connectivity index (χ1) is 17.0. The summed E-state index contributed by atoms with van der Waals surface area (Å²) in [7, 11) is -4.12. The van der Waals surface area contributed by atoms with Gasteiger partial charge in [-0.15, -0.1) is 0 Å². The van der Waals surface area contributed by atoms with Crippen LogP contribution in [0.15, 0.2) is 60.7 Å². The van der Waals surface area contributed by atoms with Crippen molar-refractivity contribution in [2.45, 2.75) is 56.2 Å². The van der Waals surface area contributed by atoms with Gasteiger partial charge in [0.25, 0.3) is 5.91 Å². The second kappa shape index (κ2) is 9.67. The third-order valence-electron chi connectivity index (χ3n) is 7.06. The molecule has 2 aromatic carbocycles. The largest absolute Gasteiger partial charge is 0.459 e. The Balaban J connectivity index is 1.54. The van der Waals surface area contributed by atoms with Gasteiger partial charge in [-0.25, -0.2) is 13.2 Å². The molecule has 192 valence electrons. The number of hydrogen-bond donors (Lipinski definition) is 1. The maximum absolute atomic E-state index is 13.4. The van der Waals surface area contributed by atoms with E-state index in [9.17, 15) is 27.9 Å². The van der Waals surface area contributed by atoms with Crippen LogP contribution in [0.3, 0.4) is 0 Å². The molecule has 36 heavy (non-hydrogen) atoms. The molecule has 2 amide bonds. The predicted octanol–water partition coefficient (Wildman–Crippen LogP) is 1.50. The number of rotatable bonds is 8. The molecule has 0 aromatic heterocycles. The highest BCUT2D eigenvalue weighted by Gasteiger charge is 2.74. The summed E-state index contributed by atoms with van der Waals surface area (Å²) in [6.07, 6.45) is -1.85. The molecule has 0 saturated carbocycles. The maximum Gasteiger partial charge on any atom is 0.330 e. The van der Waals surface area contributed by atoms with E-state index in [1.54, 1.807) is 31.2 Å². The van der Waals surface area contributed by atoms with E-state index in [0.29, 0.717) is 5.56 Å². The second-order valence-electron chi connectivity index (χ2n) is 9.59. The molecular formula is C26H30N2O7S. The van der Waals surface area contributed by atoms with Crippen molar-refractivity contribution in [2.75, 3.05) is 6.54 Å². The van der Waals surface area contributed by atoms with Crippen LogP contribution in [0.1, 0.15) is 31.9 Å². The zero-order valence-corrected chi connectivity index (χ0v) is 21.2. The molecule has 0 radical (unpaired) electrons. The smallest absolute Gasteiger partial charge is 0.330 e. The van der Waals surface area contributed by atoms with Crippen LogP contribution >= 0.6 is 0 Å². The highest BCUT2D eigenvalue weighted by Crippen LogP contribution is 2.50. The van der Waals surface area contributed by atoms with Gasteiger partial charge in [-0.3, -0.25) is 9.59 Å². The van der Waals surface area contributed by atoms with Crippen LogP contribution in [0.4, 0.5) is 0 Å². The van der Waals surface area contributed by atoms with Crippen LogP contribution < -0.4 is 0 Å². The van der Waals surface area contributed by atoms with Crippen molar-refractivity contribution in [2.24, 2.45) is 5.92 Å². The standard InChI is InChI=1S/C26H30N2O7S/c1-4-27(15-17-11-7-5-8-12-17)23(31)20(29)19-22(30)28-21(26(2,3)36(33,34)24(19)28)25(32)35-16-18-13-9-6-10-14-18/h5-14,19-21,24,29H,4,15-16H2,1-3H3/t19-,20+,21+,24-/m1/s1. The van der Waals surface area contributed by atoms with Gasteiger partial charge in [0.05, 0.1) is 4.75 Å². The highest BCUT2D eigenvalue weighted by atomic mass is 32.2. The lowest BCUT2D eigenvalue weighted by molar-refractivity contribution is -0.175. The SMILES string of the molecule is CCN(Cc1ccccc1)C(=O)[C@@H](O)[C@@H]1C(=O)N2[C@@H](C(=O)OCc3ccccc3)C(C)(C)S(=O)(=O)[C@H]12. The first-order valence-electron chi connectivity index (χ1n) is 11.8. The van der Waals surface area contributed by atoms with Crippen molar-refractivity contribution in [3.63, 3.8) is 0 Å². The quantitative estimate of drug-likeness (QED) is 0.419. The zero-order chi connectivity index (χ0) is 26.3. The molecule has 2 aliphatic rings. The number of esters is 1. The van der Waals surface area contributed by atoms with Gasteiger partial charge < -0.3 is 19.6 Å². The van der Waals surface area contributed by atoms with Crippen molar-refractivity contribution in [1.82, 2.24) is 9.80 Å². The van der Waals surface area contributed by atoms with Gasteiger partial charge in [-0.05, 0) is 31.9 Å². The summed E-state index contributed by atoms with van der Waals surface area (Å²) >= 11 is 0. The number of likely N-dealkylation sites (N-methyl/N-ethyl adjacent to an activating group) is 1. The zero-order valence-electron chi connectivity index (χ0n) is 20.4. The van der Waals surface area contributed by atoms with Crippen LogP contribution in [0.25, 0.3) is 0 Å². The molecule has 2 heterocycles. The summed E-state index contributed by atoms with van der Waals surface area (Å²) in [6, 6.07) is 16.6. The minimum absolute atomic E-state index is 0.0749. The normalized spacial score (nSPS) is 24.4. The van der Waals surface area contributed by atoms with Crippen LogP contribution in [0.5, 0.6) is 0 Å². The first kappa shape index (κ1) is 25.8. The highest BCUT2D eigenvalue weighted by molar-refractivity contribution is 7.93. The van der Waals surface area contributed by atoms with Crippen molar-refractivity contribution in [3.05, 3.63) is 71.8 Å². The summed E-state index contributed by atoms with van der Waals surface area (Å²) in [4.78, 5) is 41.6. The molecule has 2 aromatic rings. The minimum Gasteiger partial charge on any atom is -0.459 e. The molecular weight excluding hydrogens is 484 g/mol. The molecule has 2 fully saturated rings. The Bertz CT molecular complexity index is 1250. The van der Waals surface area contributed by atoms with E-state index < -0.39 is 55.8 Å². The molecule has 2 saturated heterocycles. The molecule has 4 rings (SSSR count). The molecule has 9 nitrogen and oxygen atoms in total. The van der Waals surface area contributed by atoms with Crippen LogP contribution in [0, 0.1) is 5.92 Å². The topological polar surface area (TPSA) is 121 Å². The first-order valence-corrected chi connectivity index (χ1v) is 13.3. The number of sulfone groups is 1. The van der Waals surface area contributed by atoms with Crippen LogP contribution in [0.2, 0.25) is 0 Å². The van der Waals surface area contributed by atoms with E-state index in [1.165, 1.54) is 18.7 Å². The van der Waals surface area contributed by atoms with Crippen LogP contribution in [-0.4, -0.2) is 69.9 Å². The second-order valence-corrected chi connectivity index (χ2v) is 12.2. The van der Waals surface area contributed by atoms with Gasteiger partial charge >= 0.3 is 5.97 Å². The average Bonchev–Trinajstić information content (AvgIpc) is 3.01. The fourth-order valence-corrected chi connectivity index (χ4v) is 7.23. The Morgan fingerprint density at radius 1 is 1.06 bits per heavy atom. The molecule has 4 atom stereocenters. The van der Waals surface area contributed by atoms with Gasteiger partial charge in [-0.2, -0.15) is 0 Å². The Morgan fingerprint density at radius 3 is 2.17 bits per heavy atom. The van der Waals surface area contributed by atoms with E-state index >= 15 is 0 Å². The van der Waals surface area contributed by atoms with Crippen LogP contribution in [-0.2, 0) is 42.1 Å². The molecule has 10 heteroatoms. The van der Waals surface area contributed by atoms with E-state index in [0.717, 1.165) is 10.5 Å². The summed E-state index contributed by atoms with van der Waals surface area (Å²) in [5.41, 5.74) is 1.55. The maximum atomic E-state index is 13.4. The molecule has 2 aliphatic heterocycles. The van der Waals surface area contributed by atoms with E-state index in [2.05, 4.69) is 0 Å². The number of nitrogens with zero attached hydrogens (tertiary/aromatic N) is 2. The molecule has 0 spiro atoms.